The summed E-state index contributed by atoms with van der Waals surface area (Å²) in [5.74, 6) is 0. The van der Waals surface area contributed by atoms with Gasteiger partial charge in [-0.05, 0) is 25.0 Å². The molecule has 4 nitrogen and oxygen atoms in total. The number of benzene rings is 1. The number of hydrogen-bond acceptors (Lipinski definition) is 4. The summed E-state index contributed by atoms with van der Waals surface area (Å²) in [6, 6.07) is 6.39. The van der Waals surface area contributed by atoms with Gasteiger partial charge >= 0.3 is 0 Å². The molecule has 1 aromatic carbocycles. The van der Waals surface area contributed by atoms with Gasteiger partial charge in [-0.3, -0.25) is 0 Å². The molecule has 1 aromatic heterocycles. The quantitative estimate of drug-likeness (QED) is 0.767. The Kier molecular flexibility index (Phi) is 2.63. The summed E-state index contributed by atoms with van der Waals surface area (Å²) in [6.07, 6.45) is 5.04. The van der Waals surface area contributed by atoms with Crippen LogP contribution in [0.15, 0.2) is 22.6 Å². The summed E-state index contributed by atoms with van der Waals surface area (Å²) in [7, 11) is 0. The van der Waals surface area contributed by atoms with Gasteiger partial charge in [0.25, 0.3) is 6.01 Å². The van der Waals surface area contributed by atoms with Gasteiger partial charge in [-0.25, -0.2) is 0 Å². The lowest BCUT2D eigenvalue weighted by molar-refractivity contribution is 0.567. The number of nitrogens with zero attached hydrogens (tertiary/aromatic N) is 2. The second kappa shape index (κ2) is 4.28. The molecule has 0 bridgehead atoms. The average Bonchev–Trinajstić information content (AvgIpc) is 2.59. The van der Waals surface area contributed by atoms with Gasteiger partial charge in [0.05, 0.1) is 5.69 Å². The van der Waals surface area contributed by atoms with Crippen molar-refractivity contribution < 1.29 is 4.42 Å². The predicted octanol–water partition coefficient (Wildman–Crippen LogP) is 2.79. The number of hydrogen-bond donors (Lipinski definition) is 1. The third-order valence-corrected chi connectivity index (χ3v) is 3.32. The van der Waals surface area contributed by atoms with Crippen LogP contribution in [0.3, 0.4) is 0 Å². The van der Waals surface area contributed by atoms with Crippen LogP contribution < -0.4 is 10.6 Å². The monoisotopic (exact) mass is 231 g/mol. The molecule has 0 unspecified atom stereocenters. The van der Waals surface area contributed by atoms with E-state index in [-0.39, 0.29) is 0 Å². The SMILES string of the molecule is Nc1cccc2oc(N3CCCCCC3)nc12. The summed E-state index contributed by atoms with van der Waals surface area (Å²) in [4.78, 5) is 6.74. The Hall–Kier alpha value is -1.71. The highest BCUT2D eigenvalue weighted by molar-refractivity contribution is 5.86. The van der Waals surface area contributed by atoms with Gasteiger partial charge in [-0.2, -0.15) is 4.98 Å². The molecule has 1 saturated heterocycles. The molecule has 17 heavy (non-hydrogen) atoms. The minimum absolute atomic E-state index is 0.687. The lowest BCUT2D eigenvalue weighted by Gasteiger charge is -2.16. The molecule has 0 saturated carbocycles. The summed E-state index contributed by atoms with van der Waals surface area (Å²) in [6.45, 7) is 2.07. The number of para-hydroxylation sites is 1. The maximum atomic E-state index is 5.89. The number of fused-ring (bicyclic) bond motifs is 1. The first kappa shape index (κ1) is 10.4. The Balaban J connectivity index is 1.96. The lowest BCUT2D eigenvalue weighted by atomic mass is 10.2. The highest BCUT2D eigenvalue weighted by Gasteiger charge is 2.16. The first-order chi connectivity index (χ1) is 8.34. The van der Waals surface area contributed by atoms with Crippen LogP contribution in [0.25, 0.3) is 11.1 Å². The average molecular weight is 231 g/mol. The fourth-order valence-electron chi connectivity index (χ4n) is 2.36. The molecule has 4 heteroatoms. The topological polar surface area (TPSA) is 55.3 Å². The molecule has 3 rings (SSSR count). The van der Waals surface area contributed by atoms with E-state index < -0.39 is 0 Å². The van der Waals surface area contributed by atoms with E-state index in [0.29, 0.717) is 5.69 Å². The Morgan fingerprint density at radius 1 is 1.12 bits per heavy atom. The molecule has 0 amide bonds. The zero-order valence-corrected chi connectivity index (χ0v) is 9.85. The van der Waals surface area contributed by atoms with E-state index in [1.165, 1.54) is 25.7 Å². The van der Waals surface area contributed by atoms with Crippen molar-refractivity contribution in [1.29, 1.82) is 0 Å². The Labute approximate surface area is 100 Å². The molecule has 2 heterocycles. The van der Waals surface area contributed by atoms with Crippen molar-refractivity contribution in [1.82, 2.24) is 4.98 Å². The van der Waals surface area contributed by atoms with Crippen LogP contribution in [0, 0.1) is 0 Å². The van der Waals surface area contributed by atoms with Gasteiger partial charge in [0.2, 0.25) is 0 Å². The molecule has 2 N–H and O–H groups in total. The summed E-state index contributed by atoms with van der Waals surface area (Å²) in [5, 5.41) is 0. The van der Waals surface area contributed by atoms with Gasteiger partial charge in [-0.15, -0.1) is 0 Å². The van der Waals surface area contributed by atoms with E-state index in [2.05, 4.69) is 9.88 Å². The minimum atomic E-state index is 0.687. The van der Waals surface area contributed by atoms with Crippen molar-refractivity contribution in [3.63, 3.8) is 0 Å². The Bertz CT molecular complexity index is 512. The predicted molar refractivity (Wildman–Crippen MR) is 69.1 cm³/mol. The lowest BCUT2D eigenvalue weighted by Crippen LogP contribution is -2.23. The van der Waals surface area contributed by atoms with Crippen LogP contribution in [0.1, 0.15) is 25.7 Å². The number of oxazole rings is 1. The molecule has 1 fully saturated rings. The molecule has 0 radical (unpaired) electrons. The maximum absolute atomic E-state index is 5.89. The maximum Gasteiger partial charge on any atom is 0.298 e. The van der Waals surface area contributed by atoms with E-state index in [9.17, 15) is 0 Å². The molecule has 1 aliphatic heterocycles. The van der Waals surface area contributed by atoms with Crippen molar-refractivity contribution in [2.75, 3.05) is 23.7 Å². The molecule has 2 aromatic rings. The fraction of sp³-hybridized carbons (Fsp3) is 0.462. The smallest absolute Gasteiger partial charge is 0.298 e. The normalized spacial score (nSPS) is 17.3. The number of nitrogens with two attached hydrogens (primary N) is 1. The van der Waals surface area contributed by atoms with E-state index in [1.54, 1.807) is 0 Å². The number of rotatable bonds is 1. The zero-order valence-electron chi connectivity index (χ0n) is 9.85. The van der Waals surface area contributed by atoms with Gasteiger partial charge in [0, 0.05) is 13.1 Å². The largest absolute Gasteiger partial charge is 0.423 e. The number of aromatic nitrogens is 1. The zero-order chi connectivity index (χ0) is 11.7. The van der Waals surface area contributed by atoms with Crippen LogP contribution in [-0.2, 0) is 0 Å². The first-order valence-corrected chi connectivity index (χ1v) is 6.24. The summed E-state index contributed by atoms with van der Waals surface area (Å²) < 4.78 is 5.78. The highest BCUT2D eigenvalue weighted by Crippen LogP contribution is 2.27. The number of nitrogen functional groups attached to an aromatic ring is 1. The molecular formula is C13H17N3O. The standard InChI is InChI=1S/C13H17N3O/c14-10-6-5-7-11-12(10)15-13(17-11)16-8-3-1-2-4-9-16/h5-7H,1-4,8-9,14H2. The van der Waals surface area contributed by atoms with Crippen molar-refractivity contribution in [2.45, 2.75) is 25.7 Å². The number of anilines is 2. The van der Waals surface area contributed by atoms with Gasteiger partial charge < -0.3 is 15.1 Å². The van der Waals surface area contributed by atoms with Crippen LogP contribution >= 0.6 is 0 Å². The third kappa shape index (κ3) is 1.95. The third-order valence-electron chi connectivity index (χ3n) is 3.32. The second-order valence-electron chi connectivity index (χ2n) is 4.59. The van der Waals surface area contributed by atoms with Gasteiger partial charge in [-0.1, -0.05) is 18.9 Å². The molecule has 1 aliphatic rings. The summed E-state index contributed by atoms with van der Waals surface area (Å²) >= 11 is 0. The Morgan fingerprint density at radius 2 is 1.88 bits per heavy atom. The molecule has 0 atom stereocenters. The van der Waals surface area contributed by atoms with Crippen molar-refractivity contribution >= 4 is 22.8 Å². The van der Waals surface area contributed by atoms with Crippen molar-refractivity contribution in [3.8, 4) is 0 Å². The van der Waals surface area contributed by atoms with Crippen molar-refractivity contribution in [3.05, 3.63) is 18.2 Å². The second-order valence-corrected chi connectivity index (χ2v) is 4.59. The Morgan fingerprint density at radius 3 is 2.59 bits per heavy atom. The van der Waals surface area contributed by atoms with Gasteiger partial charge in [0.1, 0.15) is 5.52 Å². The van der Waals surface area contributed by atoms with Gasteiger partial charge in [0.15, 0.2) is 5.58 Å². The molecule has 0 aliphatic carbocycles. The van der Waals surface area contributed by atoms with Crippen LogP contribution in [0.2, 0.25) is 0 Å². The van der Waals surface area contributed by atoms with E-state index in [0.717, 1.165) is 30.2 Å². The molecular weight excluding hydrogens is 214 g/mol. The summed E-state index contributed by atoms with van der Waals surface area (Å²) in [5.41, 5.74) is 8.14. The highest BCUT2D eigenvalue weighted by atomic mass is 16.4. The molecule has 0 spiro atoms. The van der Waals surface area contributed by atoms with Crippen LogP contribution in [0.4, 0.5) is 11.7 Å². The van der Waals surface area contributed by atoms with E-state index in [1.807, 2.05) is 18.2 Å². The van der Waals surface area contributed by atoms with Crippen LogP contribution in [-0.4, -0.2) is 18.1 Å². The van der Waals surface area contributed by atoms with Crippen LogP contribution in [0.5, 0.6) is 0 Å². The van der Waals surface area contributed by atoms with Crippen molar-refractivity contribution in [2.24, 2.45) is 0 Å². The fourth-order valence-corrected chi connectivity index (χ4v) is 2.36. The first-order valence-electron chi connectivity index (χ1n) is 6.24. The van der Waals surface area contributed by atoms with E-state index in [4.69, 9.17) is 10.2 Å². The van der Waals surface area contributed by atoms with E-state index >= 15 is 0 Å². The minimum Gasteiger partial charge on any atom is -0.423 e. The molecule has 90 valence electrons.